The molecule has 0 radical (unpaired) electrons. The molecule has 2 unspecified atom stereocenters. The molecule has 0 fully saturated rings. The second-order valence-corrected chi connectivity index (χ2v) is 3.74. The van der Waals surface area contributed by atoms with Gasteiger partial charge in [0.05, 0.1) is 6.10 Å². The molecule has 0 aliphatic heterocycles. The van der Waals surface area contributed by atoms with E-state index in [-0.39, 0.29) is 6.10 Å². The molecule has 0 amide bonds. The first-order chi connectivity index (χ1) is 7.76. The van der Waals surface area contributed by atoms with Crippen LogP contribution in [0, 0.1) is 0 Å². The Balaban J connectivity index is 3.88. The molecule has 0 saturated heterocycles. The lowest BCUT2D eigenvalue weighted by molar-refractivity contribution is 0.0787. The van der Waals surface area contributed by atoms with Crippen molar-refractivity contribution in [2.45, 2.75) is 38.8 Å². The number of nitrogens with one attached hydrogen (secondary N) is 1. The quantitative estimate of drug-likeness (QED) is 0.639. The van der Waals surface area contributed by atoms with Gasteiger partial charge in [0.15, 0.2) is 0 Å². The zero-order valence-electron chi connectivity index (χ0n) is 10.9. The van der Waals surface area contributed by atoms with E-state index in [4.69, 9.17) is 4.74 Å². The molecule has 0 aromatic rings. The topological polar surface area (TPSA) is 21.3 Å². The number of ether oxygens (including phenoxy) is 1. The van der Waals surface area contributed by atoms with Crippen LogP contribution in [0.15, 0.2) is 36.5 Å². The molecular weight excluding hydrogens is 198 g/mol. The number of methoxy groups -OCH3 is 1. The lowest BCUT2D eigenvalue weighted by Crippen LogP contribution is -2.35. The van der Waals surface area contributed by atoms with E-state index < -0.39 is 0 Å². The van der Waals surface area contributed by atoms with Gasteiger partial charge in [-0.25, -0.2) is 0 Å². The number of rotatable bonds is 8. The minimum Gasteiger partial charge on any atom is -0.380 e. The van der Waals surface area contributed by atoms with Crippen LogP contribution in [0.4, 0.5) is 0 Å². The first-order valence-corrected chi connectivity index (χ1v) is 5.94. The maximum Gasteiger partial charge on any atom is 0.0755 e. The summed E-state index contributed by atoms with van der Waals surface area (Å²) in [6, 6.07) is 0.374. The summed E-state index contributed by atoms with van der Waals surface area (Å²) in [6.07, 6.45) is 14.7. The van der Waals surface area contributed by atoms with Crippen molar-refractivity contribution in [2.75, 3.05) is 14.2 Å². The van der Waals surface area contributed by atoms with Crippen molar-refractivity contribution in [3.8, 4) is 0 Å². The highest BCUT2D eigenvalue weighted by molar-refractivity contribution is 5.11. The van der Waals surface area contributed by atoms with Gasteiger partial charge in [0, 0.05) is 13.2 Å². The van der Waals surface area contributed by atoms with E-state index in [1.807, 2.05) is 19.2 Å². The molecule has 0 aromatic carbocycles. The molecule has 0 aromatic heterocycles. The highest BCUT2D eigenvalue weighted by Gasteiger charge is 2.11. The molecule has 2 heteroatoms. The van der Waals surface area contributed by atoms with Crippen LogP contribution in [0.2, 0.25) is 0 Å². The number of hydrogen-bond donors (Lipinski definition) is 1. The van der Waals surface area contributed by atoms with Crippen LogP contribution in [0.5, 0.6) is 0 Å². The summed E-state index contributed by atoms with van der Waals surface area (Å²) in [6.45, 7) is 4.25. The summed E-state index contributed by atoms with van der Waals surface area (Å²) >= 11 is 0. The van der Waals surface area contributed by atoms with Crippen LogP contribution in [-0.2, 0) is 4.74 Å². The van der Waals surface area contributed by atoms with Gasteiger partial charge in [-0.15, -0.1) is 0 Å². The van der Waals surface area contributed by atoms with Crippen LogP contribution in [0.25, 0.3) is 0 Å². The van der Waals surface area contributed by atoms with Gasteiger partial charge in [0.1, 0.15) is 0 Å². The average molecular weight is 223 g/mol. The fraction of sp³-hybridized carbons (Fsp3) is 0.571. The van der Waals surface area contributed by atoms with E-state index in [0.29, 0.717) is 6.04 Å². The lowest BCUT2D eigenvalue weighted by Gasteiger charge is -2.20. The Morgan fingerprint density at radius 3 is 2.25 bits per heavy atom. The van der Waals surface area contributed by atoms with E-state index in [1.54, 1.807) is 7.11 Å². The Morgan fingerprint density at radius 2 is 1.75 bits per heavy atom. The Hall–Kier alpha value is -0.860. The van der Waals surface area contributed by atoms with Crippen LogP contribution in [-0.4, -0.2) is 26.3 Å². The molecule has 0 heterocycles. The van der Waals surface area contributed by atoms with E-state index in [9.17, 15) is 0 Å². The molecule has 1 N–H and O–H groups in total. The summed E-state index contributed by atoms with van der Waals surface area (Å²) in [5.41, 5.74) is 0. The second-order valence-electron chi connectivity index (χ2n) is 3.74. The summed E-state index contributed by atoms with van der Waals surface area (Å²) < 4.78 is 5.40. The maximum absolute atomic E-state index is 5.40. The smallest absolute Gasteiger partial charge is 0.0755 e. The van der Waals surface area contributed by atoms with E-state index >= 15 is 0 Å². The van der Waals surface area contributed by atoms with Crippen LogP contribution in [0.1, 0.15) is 26.7 Å². The minimum absolute atomic E-state index is 0.237. The Bertz CT molecular complexity index is 231. The monoisotopic (exact) mass is 223 g/mol. The van der Waals surface area contributed by atoms with Crippen molar-refractivity contribution in [2.24, 2.45) is 0 Å². The molecule has 2 atom stereocenters. The third kappa shape index (κ3) is 7.43. The van der Waals surface area contributed by atoms with Gasteiger partial charge in [-0.3, -0.25) is 0 Å². The van der Waals surface area contributed by atoms with Gasteiger partial charge in [-0.05, 0) is 26.8 Å². The summed E-state index contributed by atoms with van der Waals surface area (Å²) in [5, 5.41) is 3.20. The summed E-state index contributed by atoms with van der Waals surface area (Å²) in [5.74, 6) is 0. The molecule has 92 valence electrons. The Labute approximate surface area is 100 Å². The van der Waals surface area contributed by atoms with Crippen molar-refractivity contribution in [1.82, 2.24) is 5.32 Å². The zero-order valence-corrected chi connectivity index (χ0v) is 10.9. The van der Waals surface area contributed by atoms with Crippen LogP contribution < -0.4 is 5.32 Å². The normalized spacial score (nSPS) is 16.5. The van der Waals surface area contributed by atoms with E-state index in [0.717, 1.165) is 12.8 Å². The molecule has 0 spiro atoms. The molecule has 2 nitrogen and oxygen atoms in total. The number of hydrogen-bond acceptors (Lipinski definition) is 2. The molecule has 0 aliphatic carbocycles. The molecule has 0 saturated carbocycles. The maximum atomic E-state index is 5.40. The molecule has 0 rings (SSSR count). The van der Waals surface area contributed by atoms with Crippen molar-refractivity contribution in [3.05, 3.63) is 36.5 Å². The van der Waals surface area contributed by atoms with Crippen molar-refractivity contribution in [1.29, 1.82) is 0 Å². The SMILES string of the molecule is CCC=CC=CC=CCC(OC)C(C)NC. The fourth-order valence-corrected chi connectivity index (χ4v) is 1.32. The standard InChI is InChI=1S/C14H25NO/c1-5-6-7-8-9-10-11-12-14(16-4)13(2)15-3/h6-11,13-15H,5,12H2,1-4H3. The van der Waals surface area contributed by atoms with Gasteiger partial charge in [0.2, 0.25) is 0 Å². The van der Waals surface area contributed by atoms with Gasteiger partial charge in [-0.2, -0.15) is 0 Å². The van der Waals surface area contributed by atoms with Gasteiger partial charge < -0.3 is 10.1 Å². The fourth-order valence-electron chi connectivity index (χ4n) is 1.32. The highest BCUT2D eigenvalue weighted by atomic mass is 16.5. The first kappa shape index (κ1) is 15.1. The van der Waals surface area contributed by atoms with Crippen molar-refractivity contribution < 1.29 is 4.74 Å². The van der Waals surface area contributed by atoms with E-state index in [2.05, 4.69) is 43.5 Å². The van der Waals surface area contributed by atoms with Crippen LogP contribution >= 0.6 is 0 Å². The van der Waals surface area contributed by atoms with Gasteiger partial charge in [0.25, 0.3) is 0 Å². The predicted molar refractivity (Wildman–Crippen MR) is 71.6 cm³/mol. The minimum atomic E-state index is 0.237. The zero-order chi connectivity index (χ0) is 12.2. The average Bonchev–Trinajstić information content (AvgIpc) is 2.32. The summed E-state index contributed by atoms with van der Waals surface area (Å²) in [4.78, 5) is 0. The van der Waals surface area contributed by atoms with Crippen LogP contribution in [0.3, 0.4) is 0 Å². The predicted octanol–water partition coefficient (Wildman–Crippen LogP) is 3.08. The third-order valence-electron chi connectivity index (χ3n) is 2.53. The Morgan fingerprint density at radius 1 is 1.12 bits per heavy atom. The molecular formula is C14H25NO. The first-order valence-electron chi connectivity index (χ1n) is 5.94. The molecule has 16 heavy (non-hydrogen) atoms. The number of allylic oxidation sites excluding steroid dienone is 5. The molecule has 0 aliphatic rings. The second kappa shape index (κ2) is 10.7. The Kier molecular flexibility index (Phi) is 10.1. The summed E-state index contributed by atoms with van der Waals surface area (Å²) in [7, 11) is 3.71. The molecule has 0 bridgehead atoms. The lowest BCUT2D eigenvalue weighted by atomic mass is 10.1. The highest BCUT2D eigenvalue weighted by Crippen LogP contribution is 2.04. The number of likely N-dealkylation sites (N-methyl/N-ethyl adjacent to an activating group) is 1. The van der Waals surface area contributed by atoms with Crippen molar-refractivity contribution >= 4 is 0 Å². The van der Waals surface area contributed by atoms with Gasteiger partial charge in [-0.1, -0.05) is 43.4 Å². The van der Waals surface area contributed by atoms with Gasteiger partial charge >= 0.3 is 0 Å². The van der Waals surface area contributed by atoms with E-state index in [1.165, 1.54) is 0 Å². The third-order valence-corrected chi connectivity index (χ3v) is 2.53. The largest absolute Gasteiger partial charge is 0.380 e. The van der Waals surface area contributed by atoms with Crippen molar-refractivity contribution in [3.63, 3.8) is 0 Å².